The van der Waals surface area contributed by atoms with Crippen LogP contribution in [0.25, 0.3) is 0 Å². The Kier molecular flexibility index (Phi) is 6.02. The summed E-state index contributed by atoms with van der Waals surface area (Å²) in [5.74, 6) is -0.110. The first-order chi connectivity index (χ1) is 13.4. The lowest BCUT2D eigenvalue weighted by Crippen LogP contribution is -2.40. The second kappa shape index (κ2) is 8.46. The third kappa shape index (κ3) is 4.53. The first kappa shape index (κ1) is 19.9. The Morgan fingerprint density at radius 1 is 1.18 bits per heavy atom. The van der Waals surface area contributed by atoms with Crippen molar-refractivity contribution >= 4 is 21.9 Å². The van der Waals surface area contributed by atoms with Crippen LogP contribution in [0.5, 0.6) is 5.75 Å². The van der Waals surface area contributed by atoms with Gasteiger partial charge in [0.2, 0.25) is 10.0 Å². The molecule has 0 unspecified atom stereocenters. The minimum atomic E-state index is -3.54. The number of rotatable bonds is 6. The molecule has 1 N–H and O–H groups in total. The lowest BCUT2D eigenvalue weighted by Gasteiger charge is -2.26. The number of ether oxygens (including phenoxy) is 1. The van der Waals surface area contributed by atoms with Gasteiger partial charge >= 0.3 is 0 Å². The molecule has 1 heterocycles. The number of aromatic hydroxyl groups is 1. The van der Waals surface area contributed by atoms with E-state index < -0.39 is 14.9 Å². The first-order valence-corrected chi connectivity index (χ1v) is 9.96. The van der Waals surface area contributed by atoms with Crippen molar-refractivity contribution in [2.24, 2.45) is 4.99 Å². The predicted molar refractivity (Wildman–Crippen MR) is 102 cm³/mol. The molecule has 2 aromatic rings. The number of hydrogen-bond acceptors (Lipinski definition) is 7. The van der Waals surface area contributed by atoms with Gasteiger partial charge in [0.05, 0.1) is 29.6 Å². The van der Waals surface area contributed by atoms with Gasteiger partial charge in [-0.05, 0) is 23.8 Å². The summed E-state index contributed by atoms with van der Waals surface area (Å²) in [5, 5.41) is 20.6. The second-order valence-electron chi connectivity index (χ2n) is 6.13. The summed E-state index contributed by atoms with van der Waals surface area (Å²) in [5.41, 5.74) is 0.861. The van der Waals surface area contributed by atoms with Gasteiger partial charge in [0, 0.05) is 37.0 Å². The van der Waals surface area contributed by atoms with E-state index in [0.717, 1.165) is 5.56 Å². The topological polar surface area (TPSA) is 122 Å². The average molecular weight is 405 g/mol. The summed E-state index contributed by atoms with van der Waals surface area (Å²) in [6, 6.07) is 10.1. The molecule has 10 heteroatoms. The highest BCUT2D eigenvalue weighted by molar-refractivity contribution is 7.89. The molecular formula is C18H19N3O6S. The normalized spacial score (nSPS) is 15.7. The maximum atomic E-state index is 12.6. The molecular weight excluding hydrogens is 386 g/mol. The Hall–Kier alpha value is -2.82. The van der Waals surface area contributed by atoms with Crippen molar-refractivity contribution < 1.29 is 23.2 Å². The van der Waals surface area contributed by atoms with Crippen LogP contribution in [0.3, 0.4) is 0 Å². The van der Waals surface area contributed by atoms with E-state index in [1.54, 1.807) is 12.1 Å². The number of nitro benzene ring substituents is 1. The van der Waals surface area contributed by atoms with Crippen molar-refractivity contribution in [3.63, 3.8) is 0 Å². The van der Waals surface area contributed by atoms with Gasteiger partial charge in [-0.1, -0.05) is 12.1 Å². The fourth-order valence-corrected chi connectivity index (χ4v) is 4.12. The van der Waals surface area contributed by atoms with Gasteiger partial charge in [0.1, 0.15) is 5.75 Å². The molecule has 0 aliphatic carbocycles. The molecule has 148 valence electrons. The summed E-state index contributed by atoms with van der Waals surface area (Å²) >= 11 is 0. The molecule has 3 rings (SSSR count). The SMILES string of the molecule is O=[N+]([O-])c1ccc(O)c(C=NCc2ccc(S(=O)(=O)N3CCOCC3)cc2)c1. The molecule has 2 aromatic carbocycles. The summed E-state index contributed by atoms with van der Waals surface area (Å²) in [7, 11) is -3.54. The van der Waals surface area contributed by atoms with E-state index in [2.05, 4.69) is 4.99 Å². The molecule has 0 atom stereocenters. The van der Waals surface area contributed by atoms with Crippen LogP contribution in [-0.4, -0.2) is 55.3 Å². The fourth-order valence-electron chi connectivity index (χ4n) is 2.71. The van der Waals surface area contributed by atoms with Crippen molar-refractivity contribution in [2.75, 3.05) is 26.3 Å². The number of nitrogens with zero attached hydrogens (tertiary/aromatic N) is 3. The van der Waals surface area contributed by atoms with E-state index in [9.17, 15) is 23.6 Å². The zero-order valence-electron chi connectivity index (χ0n) is 14.9. The lowest BCUT2D eigenvalue weighted by molar-refractivity contribution is -0.384. The Morgan fingerprint density at radius 2 is 1.86 bits per heavy atom. The second-order valence-corrected chi connectivity index (χ2v) is 8.07. The van der Waals surface area contributed by atoms with Gasteiger partial charge in [-0.15, -0.1) is 0 Å². The zero-order valence-corrected chi connectivity index (χ0v) is 15.7. The molecule has 0 amide bonds. The van der Waals surface area contributed by atoms with Gasteiger partial charge in [0.15, 0.2) is 0 Å². The van der Waals surface area contributed by atoms with Crippen molar-refractivity contribution in [1.82, 2.24) is 4.31 Å². The van der Waals surface area contributed by atoms with Crippen LogP contribution in [0.15, 0.2) is 52.4 Å². The third-order valence-corrected chi connectivity index (χ3v) is 6.17. The Labute approximate surface area is 162 Å². The third-order valence-electron chi connectivity index (χ3n) is 4.26. The zero-order chi connectivity index (χ0) is 20.1. The number of aliphatic imine (C=N–C) groups is 1. The number of phenolic OH excluding ortho intramolecular Hbond substituents is 1. The van der Waals surface area contributed by atoms with Crippen molar-refractivity contribution in [3.05, 3.63) is 63.7 Å². The van der Waals surface area contributed by atoms with Gasteiger partial charge in [0.25, 0.3) is 5.69 Å². The largest absolute Gasteiger partial charge is 0.507 e. The summed E-state index contributed by atoms with van der Waals surface area (Å²) in [6.45, 7) is 1.68. The van der Waals surface area contributed by atoms with Gasteiger partial charge in [-0.3, -0.25) is 15.1 Å². The van der Waals surface area contributed by atoms with Crippen LogP contribution in [0.2, 0.25) is 0 Å². The molecule has 0 bridgehead atoms. The van der Waals surface area contributed by atoms with Crippen molar-refractivity contribution in [2.45, 2.75) is 11.4 Å². The molecule has 1 saturated heterocycles. The van der Waals surface area contributed by atoms with E-state index in [-0.39, 0.29) is 28.4 Å². The highest BCUT2D eigenvalue weighted by Crippen LogP contribution is 2.22. The van der Waals surface area contributed by atoms with Crippen LogP contribution >= 0.6 is 0 Å². The predicted octanol–water partition coefficient (Wildman–Crippen LogP) is 1.94. The first-order valence-electron chi connectivity index (χ1n) is 8.52. The fraction of sp³-hybridized carbons (Fsp3) is 0.278. The smallest absolute Gasteiger partial charge is 0.270 e. The molecule has 1 fully saturated rings. The number of sulfonamides is 1. The van der Waals surface area contributed by atoms with Gasteiger partial charge in [-0.2, -0.15) is 4.31 Å². The standard InChI is InChI=1S/C18H19N3O6S/c22-18-6-3-16(21(23)24)11-15(18)13-19-12-14-1-4-17(5-2-14)28(25,26)20-7-9-27-10-8-20/h1-6,11,13,22H,7-10,12H2. The van der Waals surface area contributed by atoms with Crippen LogP contribution in [0, 0.1) is 10.1 Å². The molecule has 1 aliphatic rings. The lowest BCUT2D eigenvalue weighted by atomic mass is 10.2. The van der Waals surface area contributed by atoms with Gasteiger partial charge < -0.3 is 9.84 Å². The van der Waals surface area contributed by atoms with Crippen molar-refractivity contribution in [3.8, 4) is 5.75 Å². The van der Waals surface area contributed by atoms with E-state index in [4.69, 9.17) is 4.74 Å². The number of hydrogen-bond donors (Lipinski definition) is 1. The van der Waals surface area contributed by atoms with Crippen LogP contribution in [0.1, 0.15) is 11.1 Å². The quantitative estimate of drug-likeness (QED) is 0.445. The number of benzene rings is 2. The van der Waals surface area contributed by atoms with Crippen LogP contribution in [0.4, 0.5) is 5.69 Å². The molecule has 0 aromatic heterocycles. The minimum Gasteiger partial charge on any atom is -0.507 e. The molecule has 9 nitrogen and oxygen atoms in total. The summed E-state index contributed by atoms with van der Waals surface area (Å²) < 4.78 is 31.7. The minimum absolute atomic E-state index is 0.110. The van der Waals surface area contributed by atoms with E-state index in [0.29, 0.717) is 26.3 Å². The highest BCUT2D eigenvalue weighted by Gasteiger charge is 2.25. The van der Waals surface area contributed by atoms with Gasteiger partial charge in [-0.25, -0.2) is 8.42 Å². The molecule has 1 aliphatic heterocycles. The summed E-state index contributed by atoms with van der Waals surface area (Å²) in [4.78, 5) is 14.6. The number of morpholine rings is 1. The maximum absolute atomic E-state index is 12.6. The Morgan fingerprint density at radius 3 is 2.50 bits per heavy atom. The molecule has 0 saturated carbocycles. The Balaban J connectivity index is 1.69. The van der Waals surface area contributed by atoms with Crippen molar-refractivity contribution in [1.29, 1.82) is 0 Å². The average Bonchev–Trinajstić information content (AvgIpc) is 2.70. The van der Waals surface area contributed by atoms with E-state index >= 15 is 0 Å². The highest BCUT2D eigenvalue weighted by atomic mass is 32.2. The maximum Gasteiger partial charge on any atom is 0.270 e. The number of non-ortho nitro benzene ring substituents is 1. The molecule has 28 heavy (non-hydrogen) atoms. The molecule has 0 spiro atoms. The monoisotopic (exact) mass is 405 g/mol. The van der Waals surface area contributed by atoms with E-state index in [1.807, 2.05) is 0 Å². The van der Waals surface area contributed by atoms with E-state index in [1.165, 1.54) is 40.9 Å². The number of nitro groups is 1. The van der Waals surface area contributed by atoms with Crippen LogP contribution in [-0.2, 0) is 21.3 Å². The van der Waals surface area contributed by atoms with Crippen LogP contribution < -0.4 is 0 Å². The summed E-state index contributed by atoms with van der Waals surface area (Å²) in [6.07, 6.45) is 1.35. The molecule has 0 radical (unpaired) electrons. The Bertz CT molecular complexity index is 983. The number of phenols is 1.